The minimum atomic E-state index is -0.575. The molecule has 0 spiro atoms. The Morgan fingerprint density at radius 1 is 1.12 bits per heavy atom. The van der Waals surface area contributed by atoms with Gasteiger partial charge >= 0.3 is 0 Å². The Bertz CT molecular complexity index is 1030. The number of carbonyl (C=O) groups is 1. The Kier molecular flexibility index (Phi) is 4.95. The third-order valence-corrected chi connectivity index (χ3v) is 3.91. The molecule has 0 unspecified atom stereocenters. The zero-order valence-corrected chi connectivity index (χ0v) is 14.0. The quantitative estimate of drug-likeness (QED) is 0.557. The normalized spacial score (nSPS) is 11.0. The van der Waals surface area contributed by atoms with Crippen LogP contribution in [0.2, 0.25) is 0 Å². The van der Waals surface area contributed by atoms with Crippen molar-refractivity contribution in [3.63, 3.8) is 0 Å². The summed E-state index contributed by atoms with van der Waals surface area (Å²) in [6, 6.07) is 18.6. The number of hydrogen-bond donors (Lipinski definition) is 1. The Morgan fingerprint density at radius 3 is 2.54 bits per heavy atom. The van der Waals surface area contributed by atoms with Crippen LogP contribution in [0.25, 0.3) is 16.8 Å². The number of rotatable bonds is 4. The standard InChI is InChI=1S/C21H15FN2O2/c1-26-20-11-6-14-4-2-3-5-18(14)19(20)12-15(13-23)21(25)24-17-9-7-16(22)8-10-17/h2-12H,1H3,(H,24,25). The molecule has 5 heteroatoms. The summed E-state index contributed by atoms with van der Waals surface area (Å²) in [5.41, 5.74) is 0.975. The summed E-state index contributed by atoms with van der Waals surface area (Å²) in [6.07, 6.45) is 1.50. The van der Waals surface area contributed by atoms with Crippen LogP contribution in [0.5, 0.6) is 5.75 Å². The predicted octanol–water partition coefficient (Wildman–Crippen LogP) is 4.53. The second-order valence-electron chi connectivity index (χ2n) is 5.53. The van der Waals surface area contributed by atoms with Crippen molar-refractivity contribution in [3.8, 4) is 11.8 Å². The number of carbonyl (C=O) groups excluding carboxylic acids is 1. The molecule has 3 aromatic carbocycles. The van der Waals surface area contributed by atoms with Crippen LogP contribution in [0.1, 0.15) is 5.56 Å². The predicted molar refractivity (Wildman–Crippen MR) is 99.1 cm³/mol. The number of halogens is 1. The Labute approximate surface area is 150 Å². The summed E-state index contributed by atoms with van der Waals surface area (Å²) < 4.78 is 18.4. The third kappa shape index (κ3) is 3.55. The number of nitriles is 1. The molecule has 0 radical (unpaired) electrons. The number of nitrogens with zero attached hydrogens (tertiary/aromatic N) is 1. The number of hydrogen-bond acceptors (Lipinski definition) is 3. The van der Waals surface area contributed by atoms with Crippen molar-refractivity contribution >= 4 is 28.4 Å². The minimum absolute atomic E-state index is 0.0796. The van der Waals surface area contributed by atoms with E-state index in [0.717, 1.165) is 10.8 Å². The first-order chi connectivity index (χ1) is 12.6. The molecular weight excluding hydrogens is 331 g/mol. The van der Waals surface area contributed by atoms with E-state index >= 15 is 0 Å². The lowest BCUT2D eigenvalue weighted by Crippen LogP contribution is -2.13. The average molecular weight is 346 g/mol. The number of ether oxygens (including phenoxy) is 1. The van der Waals surface area contributed by atoms with E-state index in [0.29, 0.717) is 17.0 Å². The summed E-state index contributed by atoms with van der Waals surface area (Å²) in [5.74, 6) is -0.417. The van der Waals surface area contributed by atoms with Crippen molar-refractivity contribution in [3.05, 3.63) is 77.6 Å². The molecular formula is C21H15FN2O2. The molecule has 4 nitrogen and oxygen atoms in total. The fourth-order valence-corrected chi connectivity index (χ4v) is 2.63. The average Bonchev–Trinajstić information content (AvgIpc) is 2.67. The van der Waals surface area contributed by atoms with Crippen LogP contribution in [-0.4, -0.2) is 13.0 Å². The van der Waals surface area contributed by atoms with E-state index in [1.807, 2.05) is 36.4 Å². The van der Waals surface area contributed by atoms with Gasteiger partial charge < -0.3 is 10.1 Å². The molecule has 0 saturated heterocycles. The van der Waals surface area contributed by atoms with Gasteiger partial charge in [0.15, 0.2) is 0 Å². The van der Waals surface area contributed by atoms with E-state index in [1.54, 1.807) is 6.07 Å². The SMILES string of the molecule is COc1ccc2ccccc2c1C=C(C#N)C(=O)Nc1ccc(F)cc1. The molecule has 0 aliphatic rings. The van der Waals surface area contributed by atoms with Crippen LogP contribution in [0.4, 0.5) is 10.1 Å². The highest BCUT2D eigenvalue weighted by molar-refractivity contribution is 6.11. The highest BCUT2D eigenvalue weighted by Gasteiger charge is 2.13. The van der Waals surface area contributed by atoms with E-state index in [1.165, 1.54) is 37.5 Å². The second-order valence-corrected chi connectivity index (χ2v) is 5.53. The first-order valence-corrected chi connectivity index (χ1v) is 7.87. The van der Waals surface area contributed by atoms with Crippen LogP contribution in [0.15, 0.2) is 66.2 Å². The molecule has 26 heavy (non-hydrogen) atoms. The molecule has 0 aromatic heterocycles. The van der Waals surface area contributed by atoms with Crippen LogP contribution < -0.4 is 10.1 Å². The molecule has 1 N–H and O–H groups in total. The number of anilines is 1. The molecule has 128 valence electrons. The molecule has 0 aliphatic heterocycles. The van der Waals surface area contributed by atoms with Crippen LogP contribution in [0.3, 0.4) is 0 Å². The van der Waals surface area contributed by atoms with E-state index < -0.39 is 11.7 Å². The molecule has 3 rings (SSSR count). The van der Waals surface area contributed by atoms with Crippen molar-refractivity contribution in [1.82, 2.24) is 0 Å². The molecule has 0 bridgehead atoms. The first-order valence-electron chi connectivity index (χ1n) is 7.87. The Morgan fingerprint density at radius 2 is 1.85 bits per heavy atom. The van der Waals surface area contributed by atoms with Crippen molar-refractivity contribution in [2.24, 2.45) is 0 Å². The molecule has 3 aromatic rings. The van der Waals surface area contributed by atoms with Gasteiger partial charge in [0.05, 0.1) is 7.11 Å². The van der Waals surface area contributed by atoms with Gasteiger partial charge in [-0.2, -0.15) is 5.26 Å². The Hall–Kier alpha value is -3.65. The van der Waals surface area contributed by atoms with E-state index in [-0.39, 0.29) is 5.57 Å². The minimum Gasteiger partial charge on any atom is -0.496 e. The summed E-state index contributed by atoms with van der Waals surface area (Å²) in [6.45, 7) is 0. The topological polar surface area (TPSA) is 62.1 Å². The van der Waals surface area contributed by atoms with Gasteiger partial charge in [-0.25, -0.2) is 4.39 Å². The Balaban J connectivity index is 2.01. The first kappa shape index (κ1) is 17.2. The van der Waals surface area contributed by atoms with Gasteiger partial charge in [0, 0.05) is 11.3 Å². The molecule has 1 amide bonds. The third-order valence-electron chi connectivity index (χ3n) is 3.91. The lowest BCUT2D eigenvalue weighted by Gasteiger charge is -2.10. The van der Waals surface area contributed by atoms with E-state index in [4.69, 9.17) is 4.74 Å². The van der Waals surface area contributed by atoms with Gasteiger partial charge in [-0.3, -0.25) is 4.79 Å². The van der Waals surface area contributed by atoms with Gasteiger partial charge in [0.25, 0.3) is 5.91 Å². The zero-order chi connectivity index (χ0) is 18.5. The highest BCUT2D eigenvalue weighted by Crippen LogP contribution is 2.30. The van der Waals surface area contributed by atoms with Crippen molar-refractivity contribution < 1.29 is 13.9 Å². The summed E-state index contributed by atoms with van der Waals surface area (Å²) in [7, 11) is 1.53. The van der Waals surface area contributed by atoms with Gasteiger partial charge in [-0.15, -0.1) is 0 Å². The lowest BCUT2D eigenvalue weighted by molar-refractivity contribution is -0.112. The number of amides is 1. The number of methoxy groups -OCH3 is 1. The maximum Gasteiger partial charge on any atom is 0.266 e. The fourth-order valence-electron chi connectivity index (χ4n) is 2.63. The fraction of sp³-hybridized carbons (Fsp3) is 0.0476. The van der Waals surface area contributed by atoms with Crippen LogP contribution in [-0.2, 0) is 4.79 Å². The largest absolute Gasteiger partial charge is 0.496 e. The second kappa shape index (κ2) is 7.49. The molecule has 0 fully saturated rings. The monoisotopic (exact) mass is 346 g/mol. The van der Waals surface area contributed by atoms with Crippen molar-refractivity contribution in [2.75, 3.05) is 12.4 Å². The summed E-state index contributed by atoms with van der Waals surface area (Å²) in [4.78, 5) is 12.4. The zero-order valence-electron chi connectivity index (χ0n) is 14.0. The summed E-state index contributed by atoms with van der Waals surface area (Å²) >= 11 is 0. The summed E-state index contributed by atoms with van der Waals surface area (Å²) in [5, 5.41) is 13.9. The van der Waals surface area contributed by atoms with Gasteiger partial charge in [0.2, 0.25) is 0 Å². The van der Waals surface area contributed by atoms with Crippen LogP contribution >= 0.6 is 0 Å². The maximum atomic E-state index is 13.0. The maximum absolute atomic E-state index is 13.0. The molecule has 0 saturated carbocycles. The van der Waals surface area contributed by atoms with E-state index in [9.17, 15) is 14.4 Å². The smallest absolute Gasteiger partial charge is 0.266 e. The molecule has 0 atom stereocenters. The lowest BCUT2D eigenvalue weighted by atomic mass is 10.0. The number of nitrogens with one attached hydrogen (secondary N) is 1. The van der Waals surface area contributed by atoms with Gasteiger partial charge in [0.1, 0.15) is 23.2 Å². The highest BCUT2D eigenvalue weighted by atomic mass is 19.1. The van der Waals surface area contributed by atoms with Crippen molar-refractivity contribution in [2.45, 2.75) is 0 Å². The number of fused-ring (bicyclic) bond motifs is 1. The van der Waals surface area contributed by atoms with Crippen LogP contribution in [0, 0.1) is 17.1 Å². The number of benzene rings is 3. The van der Waals surface area contributed by atoms with Crippen molar-refractivity contribution in [1.29, 1.82) is 5.26 Å². The molecule has 0 heterocycles. The van der Waals surface area contributed by atoms with Gasteiger partial charge in [-0.05, 0) is 47.2 Å². The van der Waals surface area contributed by atoms with E-state index in [2.05, 4.69) is 5.32 Å². The molecule has 0 aliphatic carbocycles. The van der Waals surface area contributed by atoms with Gasteiger partial charge in [-0.1, -0.05) is 30.3 Å².